The third-order valence-corrected chi connectivity index (χ3v) is 12.5. The molecule has 338 valence electrons. The number of aromatic hydroxyl groups is 6. The van der Waals surface area contributed by atoms with Crippen molar-refractivity contribution in [1.29, 1.82) is 0 Å². The SMILES string of the molecule is Cc1cc2c(C(C)C)c(O)c(O)c(C=N[C@@H](Cc3c[nH]c4ccccc34)C(=O)[O-])c2c(O)c1-c1c(C)cc2c(C(C)C)c(O)c(O)c(C=N[C@H](Cc3c[nH]c4ccccc34)C(=O)[O-])c2c1O.[Na+].[Na+]. The first-order chi connectivity index (χ1) is 31.4. The number of carbonyl (C=O) groups excluding carboxylic acids is 2. The van der Waals surface area contributed by atoms with E-state index in [0.717, 1.165) is 34.2 Å². The van der Waals surface area contributed by atoms with E-state index in [1.165, 1.54) is 0 Å². The number of fused-ring (bicyclic) bond motifs is 4. The fourth-order valence-corrected chi connectivity index (χ4v) is 9.36. The molecule has 16 heteroatoms. The number of aromatic nitrogens is 2. The minimum Gasteiger partial charge on any atom is -0.548 e. The molecule has 0 amide bonds. The number of aliphatic carboxylic acids is 2. The Labute approximate surface area is 435 Å². The summed E-state index contributed by atoms with van der Waals surface area (Å²) in [7, 11) is 0. The van der Waals surface area contributed by atoms with Crippen LogP contribution in [0.2, 0.25) is 0 Å². The van der Waals surface area contributed by atoms with Gasteiger partial charge in [-0.3, -0.25) is 9.98 Å². The van der Waals surface area contributed by atoms with Crippen LogP contribution in [0.5, 0.6) is 34.5 Å². The fraction of sp³-hybridized carbons (Fsp3) is 0.231. The van der Waals surface area contributed by atoms with Gasteiger partial charge >= 0.3 is 59.1 Å². The van der Waals surface area contributed by atoms with Crippen molar-refractivity contribution >= 4 is 67.7 Å². The molecule has 0 fully saturated rings. The second-order valence-corrected chi connectivity index (χ2v) is 17.4. The molecule has 0 bridgehead atoms. The Morgan fingerprint density at radius 2 is 0.912 bits per heavy atom. The number of nitrogens with one attached hydrogen (secondary N) is 2. The van der Waals surface area contributed by atoms with E-state index in [4.69, 9.17) is 0 Å². The Bertz CT molecular complexity index is 3130. The fourth-order valence-electron chi connectivity index (χ4n) is 9.36. The van der Waals surface area contributed by atoms with E-state index in [1.54, 1.807) is 66.1 Å². The molecule has 14 nitrogen and oxygen atoms in total. The number of hydrogen-bond acceptors (Lipinski definition) is 12. The Kier molecular flexibility index (Phi) is 15.3. The summed E-state index contributed by atoms with van der Waals surface area (Å²) in [5.74, 6) is -7.02. The van der Waals surface area contributed by atoms with E-state index in [1.807, 2.05) is 48.5 Å². The summed E-state index contributed by atoms with van der Waals surface area (Å²) in [5.41, 5.74) is 4.06. The number of para-hydroxylation sites is 2. The van der Waals surface area contributed by atoms with Gasteiger partial charge < -0.3 is 60.4 Å². The maximum Gasteiger partial charge on any atom is 1.00 e. The number of aromatic amines is 2. The molecule has 2 aromatic heterocycles. The van der Waals surface area contributed by atoms with Crippen LogP contribution in [0.3, 0.4) is 0 Å². The van der Waals surface area contributed by atoms with Gasteiger partial charge in [0, 0.05) is 104 Å². The minimum absolute atomic E-state index is 0. The largest absolute Gasteiger partial charge is 1.00 e. The number of aliphatic imine (C=N–C) groups is 2. The van der Waals surface area contributed by atoms with Crippen LogP contribution in [0.25, 0.3) is 54.5 Å². The molecule has 2 atom stereocenters. The Balaban J connectivity index is 0.00000381. The van der Waals surface area contributed by atoms with Crippen molar-refractivity contribution < 1.29 is 110 Å². The van der Waals surface area contributed by atoms with Gasteiger partial charge in [0.1, 0.15) is 11.5 Å². The Morgan fingerprint density at radius 1 is 0.559 bits per heavy atom. The third-order valence-electron chi connectivity index (χ3n) is 12.5. The van der Waals surface area contributed by atoms with Gasteiger partial charge in [-0.25, -0.2) is 0 Å². The summed E-state index contributed by atoms with van der Waals surface area (Å²) >= 11 is 0. The van der Waals surface area contributed by atoms with Crippen LogP contribution < -0.4 is 69.3 Å². The zero-order chi connectivity index (χ0) is 47.5. The monoisotopic (exact) mass is 934 g/mol. The van der Waals surface area contributed by atoms with Gasteiger partial charge in [0.05, 0.1) is 24.0 Å². The zero-order valence-electron chi connectivity index (χ0n) is 39.0. The molecule has 8 N–H and O–H groups in total. The number of carbonyl (C=O) groups is 2. The smallest absolute Gasteiger partial charge is 0.548 e. The van der Waals surface area contributed by atoms with Crippen molar-refractivity contribution in [2.24, 2.45) is 9.98 Å². The summed E-state index contributed by atoms with van der Waals surface area (Å²) in [6.07, 6.45) is 5.35. The molecular formula is C52H48N4Na2O10. The molecule has 0 saturated carbocycles. The van der Waals surface area contributed by atoms with Crippen molar-refractivity contribution in [3.05, 3.63) is 118 Å². The van der Waals surface area contributed by atoms with Crippen LogP contribution in [0.1, 0.15) is 84.0 Å². The number of phenols is 6. The maximum absolute atomic E-state index is 12.6. The Morgan fingerprint density at radius 3 is 1.25 bits per heavy atom. The predicted octanol–water partition coefficient (Wildman–Crippen LogP) is 1.29. The molecule has 68 heavy (non-hydrogen) atoms. The summed E-state index contributed by atoms with van der Waals surface area (Å²) in [6, 6.07) is 15.1. The first-order valence-electron chi connectivity index (χ1n) is 21.5. The second kappa shape index (κ2) is 20.3. The van der Waals surface area contributed by atoms with Crippen LogP contribution >= 0.6 is 0 Å². The second-order valence-electron chi connectivity index (χ2n) is 17.4. The number of phenolic OH excluding ortho intramolecular Hbond substituents is 6. The molecule has 6 aromatic carbocycles. The summed E-state index contributed by atoms with van der Waals surface area (Å²) in [4.78, 5) is 40.0. The first kappa shape index (κ1) is 51.4. The number of benzene rings is 6. The van der Waals surface area contributed by atoms with Crippen LogP contribution in [-0.2, 0) is 22.4 Å². The molecule has 8 rings (SSSR count). The number of hydrogen-bond donors (Lipinski definition) is 8. The van der Waals surface area contributed by atoms with Gasteiger partial charge in [-0.05, 0) is 70.8 Å². The molecule has 0 saturated heterocycles. The quantitative estimate of drug-likeness (QED) is 0.0467. The number of aryl methyl sites for hydroxylation is 2. The number of rotatable bonds is 13. The summed E-state index contributed by atoms with van der Waals surface area (Å²) in [5, 5.41) is 98.6. The number of H-pyrrole nitrogens is 2. The van der Waals surface area contributed by atoms with Crippen molar-refractivity contribution in [2.45, 2.75) is 78.3 Å². The number of nitrogens with zero attached hydrogens (tertiary/aromatic N) is 2. The average Bonchev–Trinajstić information content (AvgIpc) is 3.87. The summed E-state index contributed by atoms with van der Waals surface area (Å²) in [6.45, 7) is 10.5. The molecule has 8 aromatic rings. The number of carboxylic acid groups (broad SMARTS) is 2. The van der Waals surface area contributed by atoms with Crippen molar-refractivity contribution in [3.8, 4) is 45.6 Å². The Hall–Kier alpha value is -6.00. The van der Waals surface area contributed by atoms with E-state index in [2.05, 4.69) is 20.0 Å². The molecule has 0 spiro atoms. The van der Waals surface area contributed by atoms with Crippen LogP contribution in [0.15, 0.2) is 83.0 Å². The predicted molar refractivity (Wildman–Crippen MR) is 251 cm³/mol. The van der Waals surface area contributed by atoms with Crippen LogP contribution in [0.4, 0.5) is 0 Å². The summed E-state index contributed by atoms with van der Waals surface area (Å²) < 4.78 is 0. The van der Waals surface area contributed by atoms with E-state index in [-0.39, 0.29) is 116 Å². The van der Waals surface area contributed by atoms with Gasteiger partial charge in [-0.15, -0.1) is 0 Å². The van der Waals surface area contributed by atoms with Crippen molar-refractivity contribution in [1.82, 2.24) is 9.97 Å². The topological polar surface area (TPSA) is 258 Å². The van der Waals surface area contributed by atoms with Crippen molar-refractivity contribution in [2.75, 3.05) is 0 Å². The van der Waals surface area contributed by atoms with Gasteiger partial charge in [0.25, 0.3) is 0 Å². The van der Waals surface area contributed by atoms with E-state index in [0.29, 0.717) is 33.0 Å². The molecule has 0 radical (unpaired) electrons. The van der Waals surface area contributed by atoms with Gasteiger partial charge in [0.2, 0.25) is 0 Å². The molecule has 0 aliphatic heterocycles. The normalized spacial score (nSPS) is 12.8. The van der Waals surface area contributed by atoms with E-state index < -0.39 is 70.4 Å². The molecule has 0 unspecified atom stereocenters. The molecular weight excluding hydrogens is 887 g/mol. The molecule has 2 heterocycles. The third kappa shape index (κ3) is 9.04. The molecule has 0 aliphatic carbocycles. The minimum atomic E-state index is -1.50. The van der Waals surface area contributed by atoms with E-state index in [9.17, 15) is 50.4 Å². The number of carboxylic acids is 2. The van der Waals surface area contributed by atoms with Crippen LogP contribution in [-0.4, -0.2) is 77.1 Å². The first-order valence-corrected chi connectivity index (χ1v) is 21.5. The van der Waals surface area contributed by atoms with Gasteiger partial charge in [0.15, 0.2) is 23.0 Å². The standard InChI is InChI=1S/C52H50N4O10.2Na/c1-23(2)39-31-15-25(5)41(47(59)43(31)33(45(57)49(39)61)21-55-37(51(63)64)17-27-19-53-35-13-9-7-11-29(27)35)42-26(6)16-32-40(24(3)4)50(62)46(58)34(44(32)48(42)60)22-56-38(52(65)66)18-28-20-54-36-14-10-8-12-30(28)36;;/h7-16,19-24,37-38,53-54,57-62H,17-18H2,1-6H3,(H,63,64)(H,65,66);;/q;2*+1/p-2/t37-,38+;;. The maximum atomic E-state index is 12.6. The average molecular weight is 935 g/mol. The van der Waals surface area contributed by atoms with Crippen molar-refractivity contribution in [3.63, 3.8) is 0 Å². The van der Waals surface area contributed by atoms with Crippen LogP contribution in [0, 0.1) is 13.8 Å². The van der Waals surface area contributed by atoms with E-state index >= 15 is 0 Å². The van der Waals surface area contributed by atoms with Gasteiger partial charge in [-0.2, -0.15) is 0 Å². The zero-order valence-corrected chi connectivity index (χ0v) is 43.0. The molecule has 0 aliphatic rings. The van der Waals surface area contributed by atoms with Gasteiger partial charge in [-0.1, -0.05) is 76.2 Å².